The maximum absolute atomic E-state index is 5.85. The molecule has 0 saturated carbocycles. The van der Waals surface area contributed by atoms with Crippen molar-refractivity contribution < 1.29 is 4.74 Å². The minimum Gasteiger partial charge on any atom is -0.492 e. The van der Waals surface area contributed by atoms with Gasteiger partial charge in [-0.2, -0.15) is 0 Å². The van der Waals surface area contributed by atoms with E-state index in [9.17, 15) is 0 Å². The van der Waals surface area contributed by atoms with E-state index in [2.05, 4.69) is 25.0 Å². The van der Waals surface area contributed by atoms with Crippen molar-refractivity contribution in [3.05, 3.63) is 49.1 Å². The number of aromatic nitrogens is 4. The maximum atomic E-state index is 5.85. The Morgan fingerprint density at radius 3 is 2.88 bits per heavy atom. The summed E-state index contributed by atoms with van der Waals surface area (Å²) in [5.74, 6) is 1.89. The number of hydrogen-bond acceptors (Lipinski definition) is 6. The average molecular weight is 336 g/mol. The molecule has 2 bridgehead atoms. The highest BCUT2D eigenvalue weighted by Crippen LogP contribution is 2.34. The summed E-state index contributed by atoms with van der Waals surface area (Å²) in [6.07, 6.45) is 6.62. The fourth-order valence-corrected chi connectivity index (χ4v) is 4.03. The highest BCUT2D eigenvalue weighted by Gasteiger charge is 2.44. The van der Waals surface area contributed by atoms with Crippen LogP contribution in [0.3, 0.4) is 0 Å². The van der Waals surface area contributed by atoms with E-state index in [1.165, 1.54) is 6.42 Å². The van der Waals surface area contributed by atoms with Gasteiger partial charge in [-0.1, -0.05) is 18.2 Å². The first kappa shape index (κ1) is 14.7. The van der Waals surface area contributed by atoms with Gasteiger partial charge in [0.05, 0.1) is 0 Å². The SMILES string of the molecule is c1ccc(OCCN2CC3CC2CN3c2nccn3cnnc23)cc1. The summed E-state index contributed by atoms with van der Waals surface area (Å²) in [6, 6.07) is 11.1. The van der Waals surface area contributed by atoms with Gasteiger partial charge < -0.3 is 9.64 Å². The number of ether oxygens (including phenoxy) is 1. The molecule has 0 amide bonds. The van der Waals surface area contributed by atoms with Crippen LogP contribution in [-0.4, -0.2) is 62.8 Å². The first-order valence-corrected chi connectivity index (χ1v) is 8.71. The molecule has 3 aromatic rings. The summed E-state index contributed by atoms with van der Waals surface area (Å²) >= 11 is 0. The van der Waals surface area contributed by atoms with Crippen molar-refractivity contribution in [2.75, 3.05) is 31.1 Å². The third-order valence-electron chi connectivity index (χ3n) is 5.21. The lowest BCUT2D eigenvalue weighted by molar-refractivity contribution is 0.188. The van der Waals surface area contributed by atoms with Gasteiger partial charge in [-0.3, -0.25) is 9.30 Å². The van der Waals surface area contributed by atoms with E-state index in [4.69, 9.17) is 4.74 Å². The van der Waals surface area contributed by atoms with Crippen molar-refractivity contribution in [2.45, 2.75) is 18.5 Å². The summed E-state index contributed by atoms with van der Waals surface area (Å²) in [4.78, 5) is 9.49. The molecule has 2 aromatic heterocycles. The molecule has 2 unspecified atom stereocenters. The summed E-state index contributed by atoms with van der Waals surface area (Å²) in [5, 5.41) is 8.22. The van der Waals surface area contributed by atoms with E-state index in [-0.39, 0.29) is 0 Å². The molecule has 7 nitrogen and oxygen atoms in total. The Hall–Kier alpha value is -2.67. The van der Waals surface area contributed by atoms with Crippen LogP contribution in [0.25, 0.3) is 5.65 Å². The molecule has 2 aliphatic rings. The molecule has 2 fully saturated rings. The highest BCUT2D eigenvalue weighted by atomic mass is 16.5. The number of nitrogens with zero attached hydrogens (tertiary/aromatic N) is 6. The van der Waals surface area contributed by atoms with Gasteiger partial charge in [0.1, 0.15) is 18.7 Å². The predicted octanol–water partition coefficient (Wildman–Crippen LogP) is 1.47. The quantitative estimate of drug-likeness (QED) is 0.703. The largest absolute Gasteiger partial charge is 0.492 e. The second-order valence-electron chi connectivity index (χ2n) is 6.66. The Balaban J connectivity index is 1.23. The number of benzene rings is 1. The van der Waals surface area contributed by atoms with Crippen LogP contribution in [0.4, 0.5) is 5.82 Å². The van der Waals surface area contributed by atoms with Gasteiger partial charge in [-0.25, -0.2) is 4.98 Å². The first-order valence-electron chi connectivity index (χ1n) is 8.71. The Kier molecular flexibility index (Phi) is 3.52. The van der Waals surface area contributed by atoms with Crippen LogP contribution >= 0.6 is 0 Å². The minimum absolute atomic E-state index is 0.497. The lowest BCUT2D eigenvalue weighted by Gasteiger charge is -2.34. The van der Waals surface area contributed by atoms with Crippen LogP contribution in [-0.2, 0) is 0 Å². The summed E-state index contributed by atoms with van der Waals surface area (Å²) in [5.41, 5.74) is 0.842. The average Bonchev–Trinajstić information content (AvgIpc) is 3.37. The summed E-state index contributed by atoms with van der Waals surface area (Å²) < 4.78 is 7.78. The fraction of sp³-hybridized carbons (Fsp3) is 0.389. The van der Waals surface area contributed by atoms with Gasteiger partial charge in [0.25, 0.3) is 0 Å². The van der Waals surface area contributed by atoms with Gasteiger partial charge in [-0.05, 0) is 18.6 Å². The van der Waals surface area contributed by atoms with Gasteiger partial charge in [0, 0.05) is 44.1 Å². The molecule has 2 aliphatic heterocycles. The van der Waals surface area contributed by atoms with Crippen molar-refractivity contribution >= 4 is 11.5 Å². The molecule has 7 heteroatoms. The van der Waals surface area contributed by atoms with Crippen molar-refractivity contribution in [3.63, 3.8) is 0 Å². The summed E-state index contributed by atoms with van der Waals surface area (Å²) in [6.45, 7) is 3.74. The number of hydrogen-bond donors (Lipinski definition) is 0. The van der Waals surface area contributed by atoms with Crippen LogP contribution < -0.4 is 9.64 Å². The van der Waals surface area contributed by atoms with Crippen LogP contribution in [0, 0.1) is 0 Å². The van der Waals surface area contributed by atoms with Crippen molar-refractivity contribution in [2.24, 2.45) is 0 Å². The molecule has 2 atom stereocenters. The van der Waals surface area contributed by atoms with Crippen LogP contribution in [0.15, 0.2) is 49.1 Å². The number of para-hydroxylation sites is 1. The van der Waals surface area contributed by atoms with Crippen LogP contribution in [0.5, 0.6) is 5.75 Å². The molecule has 0 spiro atoms. The Labute approximate surface area is 145 Å². The molecule has 4 heterocycles. The van der Waals surface area contributed by atoms with Crippen molar-refractivity contribution in [1.29, 1.82) is 0 Å². The predicted molar refractivity (Wildman–Crippen MR) is 93.8 cm³/mol. The lowest BCUT2D eigenvalue weighted by Crippen LogP contribution is -2.48. The second kappa shape index (κ2) is 6.00. The van der Waals surface area contributed by atoms with Gasteiger partial charge >= 0.3 is 0 Å². The molecule has 0 N–H and O–H groups in total. The fourth-order valence-electron chi connectivity index (χ4n) is 4.03. The molecule has 0 radical (unpaired) electrons. The normalized spacial score (nSPS) is 22.8. The first-order chi connectivity index (χ1) is 12.4. The smallest absolute Gasteiger partial charge is 0.203 e. The zero-order chi connectivity index (χ0) is 16.6. The van der Waals surface area contributed by atoms with E-state index in [0.717, 1.165) is 43.5 Å². The molecule has 25 heavy (non-hydrogen) atoms. The van der Waals surface area contributed by atoms with E-state index < -0.39 is 0 Å². The highest BCUT2D eigenvalue weighted by molar-refractivity contribution is 5.64. The standard InChI is InChI=1S/C18H20N6O/c1-2-4-16(5-3-1)25-9-8-22-11-15-10-14(22)12-24(15)17-18-21-20-13-23(18)7-6-19-17/h1-7,13-15H,8-12H2. The number of piperazine rings is 1. The zero-order valence-corrected chi connectivity index (χ0v) is 13.9. The van der Waals surface area contributed by atoms with E-state index >= 15 is 0 Å². The molecule has 0 aliphatic carbocycles. The number of rotatable bonds is 5. The van der Waals surface area contributed by atoms with Gasteiger partial charge in [0.15, 0.2) is 5.82 Å². The topological polar surface area (TPSA) is 58.8 Å². The number of fused-ring (bicyclic) bond motifs is 3. The minimum atomic E-state index is 0.497. The second-order valence-corrected chi connectivity index (χ2v) is 6.66. The molecule has 2 saturated heterocycles. The number of likely N-dealkylation sites (tertiary alicyclic amines) is 1. The molecule has 5 rings (SSSR count). The Bertz CT molecular complexity index is 866. The van der Waals surface area contributed by atoms with E-state index in [1.54, 1.807) is 6.33 Å². The Morgan fingerprint density at radius 1 is 1.12 bits per heavy atom. The monoisotopic (exact) mass is 336 g/mol. The number of anilines is 1. The van der Waals surface area contributed by atoms with Crippen LogP contribution in [0.2, 0.25) is 0 Å². The van der Waals surface area contributed by atoms with Crippen LogP contribution in [0.1, 0.15) is 6.42 Å². The van der Waals surface area contributed by atoms with Crippen molar-refractivity contribution in [3.8, 4) is 5.75 Å². The molecular formula is C18H20N6O. The third-order valence-corrected chi connectivity index (χ3v) is 5.21. The maximum Gasteiger partial charge on any atom is 0.203 e. The molecule has 128 valence electrons. The molecular weight excluding hydrogens is 316 g/mol. The lowest BCUT2D eigenvalue weighted by atomic mass is 10.2. The molecule has 1 aromatic carbocycles. The van der Waals surface area contributed by atoms with Crippen molar-refractivity contribution in [1.82, 2.24) is 24.5 Å². The Morgan fingerprint density at radius 2 is 2.04 bits per heavy atom. The van der Waals surface area contributed by atoms with E-state index in [0.29, 0.717) is 12.1 Å². The van der Waals surface area contributed by atoms with Gasteiger partial charge in [0.2, 0.25) is 5.65 Å². The zero-order valence-electron chi connectivity index (χ0n) is 13.9. The third kappa shape index (κ3) is 2.60. The summed E-state index contributed by atoms with van der Waals surface area (Å²) in [7, 11) is 0. The van der Waals surface area contributed by atoms with Gasteiger partial charge in [-0.15, -0.1) is 10.2 Å². The van der Waals surface area contributed by atoms with E-state index in [1.807, 2.05) is 47.1 Å².